The zero-order valence-corrected chi connectivity index (χ0v) is 15.3. The van der Waals surface area contributed by atoms with Gasteiger partial charge in [0.15, 0.2) is 0 Å². The van der Waals surface area contributed by atoms with Gasteiger partial charge >= 0.3 is 0 Å². The molecule has 29 heavy (non-hydrogen) atoms. The van der Waals surface area contributed by atoms with Gasteiger partial charge in [-0.2, -0.15) is 0 Å². The second-order valence-electron chi connectivity index (χ2n) is 6.42. The summed E-state index contributed by atoms with van der Waals surface area (Å²) in [6.07, 6.45) is -1.32. The molecule has 1 saturated heterocycles. The fraction of sp³-hybridized carbons (Fsp3) is 0.294. The lowest BCUT2D eigenvalue weighted by Crippen LogP contribution is -2.67. The van der Waals surface area contributed by atoms with Gasteiger partial charge in [0.05, 0.1) is 23.1 Å². The molecule has 1 fully saturated rings. The highest BCUT2D eigenvalue weighted by atomic mass is 35.5. The number of fused-ring (bicyclic) bond motifs is 1. The number of hydrogen-bond acceptors (Lipinski definition) is 6. The molecule has 1 amide bonds. The number of nitrogens with one attached hydrogen (secondary N) is 2. The first kappa shape index (κ1) is 19.4. The molecule has 12 heteroatoms. The number of alkyl halides is 3. The molecule has 0 radical (unpaired) electrons. The highest BCUT2D eigenvalue weighted by Crippen LogP contribution is 2.31. The van der Waals surface area contributed by atoms with Crippen molar-refractivity contribution >= 4 is 34.4 Å². The first-order valence-electron chi connectivity index (χ1n) is 8.47. The average molecular weight is 427 g/mol. The van der Waals surface area contributed by atoms with E-state index in [1.165, 1.54) is 23.5 Å². The minimum Gasteiger partial charge on any atom is -0.389 e. The van der Waals surface area contributed by atoms with Crippen LogP contribution < -0.4 is 10.2 Å². The zero-order valence-electron chi connectivity index (χ0n) is 14.6. The molecule has 4 heterocycles. The molecule has 1 aliphatic rings. The van der Waals surface area contributed by atoms with Crippen LogP contribution in [0.25, 0.3) is 22.3 Å². The number of amides is 1. The van der Waals surface area contributed by atoms with Gasteiger partial charge in [0.25, 0.3) is 6.43 Å². The van der Waals surface area contributed by atoms with Crippen molar-refractivity contribution in [1.29, 1.82) is 0 Å². The van der Waals surface area contributed by atoms with Crippen molar-refractivity contribution < 1.29 is 23.1 Å². The van der Waals surface area contributed by atoms with Crippen molar-refractivity contribution in [3.63, 3.8) is 0 Å². The second-order valence-corrected chi connectivity index (χ2v) is 6.86. The summed E-state index contributed by atoms with van der Waals surface area (Å²) < 4.78 is 37.9. The third-order valence-electron chi connectivity index (χ3n) is 4.54. The van der Waals surface area contributed by atoms with E-state index in [-0.39, 0.29) is 12.4 Å². The van der Waals surface area contributed by atoms with E-state index in [9.17, 15) is 23.1 Å². The van der Waals surface area contributed by atoms with Gasteiger partial charge in [0, 0.05) is 29.9 Å². The number of aliphatic hydroxyl groups excluding tert-OH is 1. The fourth-order valence-electron chi connectivity index (χ4n) is 3.13. The van der Waals surface area contributed by atoms with Crippen LogP contribution in [0.15, 0.2) is 30.9 Å². The first-order chi connectivity index (χ1) is 13.8. The smallest absolute Gasteiger partial charge is 0.287 e. The monoisotopic (exact) mass is 426 g/mol. The van der Waals surface area contributed by atoms with Crippen molar-refractivity contribution in [3.8, 4) is 11.3 Å². The summed E-state index contributed by atoms with van der Waals surface area (Å²) in [5, 5.41) is 12.6. The van der Waals surface area contributed by atoms with E-state index >= 15 is 0 Å². The van der Waals surface area contributed by atoms with Crippen LogP contribution in [-0.2, 0) is 4.79 Å². The number of halogens is 4. The quantitative estimate of drug-likeness (QED) is 0.538. The molecule has 3 N–H and O–H groups in total. The summed E-state index contributed by atoms with van der Waals surface area (Å²) in [5.41, 5.74) is 1.69. The largest absolute Gasteiger partial charge is 0.389 e. The summed E-state index contributed by atoms with van der Waals surface area (Å²) in [5.74, 6) is -0.837. The molecular weight excluding hydrogens is 413 g/mol. The van der Waals surface area contributed by atoms with Crippen LogP contribution in [-0.4, -0.2) is 62.4 Å². The van der Waals surface area contributed by atoms with E-state index in [4.69, 9.17) is 11.6 Å². The maximum Gasteiger partial charge on any atom is 0.287 e. The number of carbonyl (C=O) groups excluding carboxylic acids is 1. The van der Waals surface area contributed by atoms with Crippen LogP contribution in [0.3, 0.4) is 0 Å². The third kappa shape index (κ3) is 3.58. The van der Waals surface area contributed by atoms with Gasteiger partial charge in [0.2, 0.25) is 12.2 Å². The number of H-pyrrole nitrogens is 1. The Morgan fingerprint density at radius 1 is 1.34 bits per heavy atom. The molecule has 3 aromatic heterocycles. The highest BCUT2D eigenvalue weighted by molar-refractivity contribution is 6.31. The highest BCUT2D eigenvalue weighted by Gasteiger charge is 2.45. The van der Waals surface area contributed by atoms with Crippen LogP contribution in [0.5, 0.6) is 0 Å². The molecule has 4 rings (SSSR count). The summed E-state index contributed by atoms with van der Waals surface area (Å²) >= 11 is 6.01. The maximum absolute atomic E-state index is 13.2. The Balaban J connectivity index is 1.61. The Morgan fingerprint density at radius 2 is 2.14 bits per heavy atom. The van der Waals surface area contributed by atoms with Crippen LogP contribution in [0.2, 0.25) is 5.02 Å². The summed E-state index contributed by atoms with van der Waals surface area (Å²) in [7, 11) is 0. The normalized spacial score (nSPS) is 20.0. The predicted octanol–water partition coefficient (Wildman–Crippen LogP) is 1.90. The predicted molar refractivity (Wildman–Crippen MR) is 98.3 cm³/mol. The van der Waals surface area contributed by atoms with E-state index in [0.29, 0.717) is 27.3 Å². The molecule has 1 unspecified atom stereocenters. The molecule has 152 valence electrons. The van der Waals surface area contributed by atoms with Crippen molar-refractivity contribution in [2.24, 2.45) is 0 Å². The van der Waals surface area contributed by atoms with Crippen molar-refractivity contribution in [2.75, 3.05) is 11.4 Å². The van der Waals surface area contributed by atoms with Gasteiger partial charge in [-0.15, -0.1) is 0 Å². The van der Waals surface area contributed by atoms with Crippen LogP contribution in [0.1, 0.15) is 0 Å². The summed E-state index contributed by atoms with van der Waals surface area (Å²) in [6.45, 7) is 0.0170. The number of β-amino-alcohol motifs (C(OH)–C–C–N with tert-alkyl or cyclic N) is 1. The Hall–Kier alpha value is -2.92. The van der Waals surface area contributed by atoms with Gasteiger partial charge in [-0.05, 0) is 6.07 Å². The van der Waals surface area contributed by atoms with Gasteiger partial charge in [-0.25, -0.2) is 23.1 Å². The van der Waals surface area contributed by atoms with Gasteiger partial charge in [0.1, 0.15) is 23.6 Å². The third-order valence-corrected chi connectivity index (χ3v) is 4.75. The van der Waals surface area contributed by atoms with E-state index in [1.54, 1.807) is 17.6 Å². The van der Waals surface area contributed by atoms with Crippen molar-refractivity contribution in [1.82, 2.24) is 25.3 Å². The van der Waals surface area contributed by atoms with E-state index in [0.717, 1.165) is 0 Å². The van der Waals surface area contributed by atoms with E-state index in [2.05, 4.69) is 19.9 Å². The minimum atomic E-state index is -3.37. The standard InChI is InChI=1S/C17H14ClF3N6O2/c18-7-1-8-9(3-24-16(8)23-2-7)10-4-22-5-12(25-10)27-6-11(28)13(27)17(29)26-15(21)14(19)20/h1-5,11,13-15,28H,6H2,(H,23,24)(H,26,29)/t11-,13-,15?/m0/s1. The van der Waals surface area contributed by atoms with E-state index in [1.807, 2.05) is 0 Å². The number of aromatic nitrogens is 4. The fourth-order valence-corrected chi connectivity index (χ4v) is 3.29. The topological polar surface area (TPSA) is 107 Å². The summed E-state index contributed by atoms with van der Waals surface area (Å²) in [4.78, 5) is 29.2. The SMILES string of the molecule is O=C(NC(F)C(F)F)[C@@H]1[C@@H](O)CN1c1cncc(-c2c[nH]c3ncc(Cl)cc23)n1. The number of aliphatic hydroxyl groups is 1. The van der Waals surface area contributed by atoms with Crippen LogP contribution >= 0.6 is 11.6 Å². The van der Waals surface area contributed by atoms with Gasteiger partial charge in [-0.3, -0.25) is 9.78 Å². The molecule has 0 saturated carbocycles. The molecule has 1 aliphatic heterocycles. The summed E-state index contributed by atoms with van der Waals surface area (Å²) in [6, 6.07) is 0.454. The van der Waals surface area contributed by atoms with Gasteiger partial charge in [-0.1, -0.05) is 11.6 Å². The van der Waals surface area contributed by atoms with Gasteiger partial charge < -0.3 is 20.3 Å². The Kier molecular flexibility index (Phi) is 5.01. The number of hydrogen-bond donors (Lipinski definition) is 3. The van der Waals surface area contributed by atoms with Crippen LogP contribution in [0.4, 0.5) is 19.0 Å². The lowest BCUT2D eigenvalue weighted by atomic mass is 9.98. The number of pyridine rings is 1. The Bertz CT molecular complexity index is 1060. The van der Waals surface area contributed by atoms with Crippen molar-refractivity contribution in [3.05, 3.63) is 35.9 Å². The molecule has 3 atom stereocenters. The maximum atomic E-state index is 13.2. The molecule has 0 bridgehead atoms. The number of aromatic amines is 1. The second kappa shape index (κ2) is 7.48. The van der Waals surface area contributed by atoms with Crippen molar-refractivity contribution in [2.45, 2.75) is 24.9 Å². The lowest BCUT2D eigenvalue weighted by Gasteiger charge is -2.44. The molecule has 0 aromatic carbocycles. The van der Waals surface area contributed by atoms with E-state index < -0.39 is 30.8 Å². The minimum absolute atomic E-state index is 0.0170. The molecule has 0 aliphatic carbocycles. The molecule has 8 nitrogen and oxygen atoms in total. The molecule has 3 aromatic rings. The number of carbonyl (C=O) groups is 1. The Morgan fingerprint density at radius 3 is 2.86 bits per heavy atom. The first-order valence-corrected chi connectivity index (χ1v) is 8.85. The number of anilines is 1. The molecular formula is C17H14ClF3N6O2. The van der Waals surface area contributed by atoms with Crippen LogP contribution in [0, 0.1) is 0 Å². The number of nitrogens with zero attached hydrogens (tertiary/aromatic N) is 4. The number of rotatable bonds is 5. The molecule has 0 spiro atoms. The lowest BCUT2D eigenvalue weighted by molar-refractivity contribution is -0.131. The zero-order chi connectivity index (χ0) is 20.7. The average Bonchev–Trinajstić information content (AvgIpc) is 3.08. The Labute approximate surface area is 166 Å².